The number of carbonyl (C=O) groups excluding carboxylic acids is 1. The number of aromatic carboxylic acids is 1. The molecule has 0 atom stereocenters. The second-order valence-corrected chi connectivity index (χ2v) is 4.39. The Balaban J connectivity index is 0. The molecule has 0 aliphatic rings. The zero-order valence-electron chi connectivity index (χ0n) is 10.4. The van der Waals surface area contributed by atoms with Crippen LogP contribution in [0.25, 0.3) is 0 Å². The van der Waals surface area contributed by atoms with Crippen LogP contribution in [0.1, 0.15) is 10.4 Å². The number of nitrogens with zero attached hydrogens (tertiary/aromatic N) is 1. The van der Waals surface area contributed by atoms with Gasteiger partial charge in [0, 0.05) is 0 Å². The molecule has 0 aliphatic carbocycles. The van der Waals surface area contributed by atoms with Crippen LogP contribution in [0, 0.1) is 0 Å². The number of carboxylic acids is 1. The predicted octanol–water partition coefficient (Wildman–Crippen LogP) is -3.26. The molecule has 0 spiro atoms. The number of carbonyl (C=O) groups is 1. The molecule has 4 nitrogen and oxygen atoms in total. The van der Waals surface area contributed by atoms with E-state index < -0.39 is 5.97 Å². The average molecular weight is 261 g/mol. The summed E-state index contributed by atoms with van der Waals surface area (Å²) >= 11 is 0. The first-order chi connectivity index (χ1) is 7.37. The second kappa shape index (κ2) is 8.98. The van der Waals surface area contributed by atoms with Crippen LogP contribution in [0.2, 0.25) is 0 Å². The maximum Gasteiger partial charge on any atom is 0.101 e. The van der Waals surface area contributed by atoms with Gasteiger partial charge in [0.05, 0.1) is 33.7 Å². The minimum Gasteiger partial charge on any atom is -1.00 e. The summed E-state index contributed by atoms with van der Waals surface area (Å²) < 4.78 is 0.844. The van der Waals surface area contributed by atoms with E-state index in [1.54, 1.807) is 18.2 Å². The number of aliphatic hydroxyl groups is 1. The summed E-state index contributed by atoms with van der Waals surface area (Å²) in [6.45, 7) is 1.11. The molecule has 0 aliphatic heterocycles. The van der Waals surface area contributed by atoms with Crippen molar-refractivity contribution in [3.8, 4) is 0 Å². The molecule has 0 radical (unpaired) electrons. The molecule has 0 aromatic heterocycles. The fourth-order valence-corrected chi connectivity index (χ4v) is 0.874. The van der Waals surface area contributed by atoms with Crippen molar-refractivity contribution in [2.45, 2.75) is 0 Å². The van der Waals surface area contributed by atoms with Crippen LogP contribution in [-0.2, 0) is 0 Å². The van der Waals surface area contributed by atoms with Crippen molar-refractivity contribution in [3.05, 3.63) is 35.9 Å². The van der Waals surface area contributed by atoms with Gasteiger partial charge in [0.15, 0.2) is 0 Å². The Morgan fingerprint density at radius 2 is 1.71 bits per heavy atom. The summed E-state index contributed by atoms with van der Waals surface area (Å²) in [6, 6.07) is 8.06. The van der Waals surface area contributed by atoms with Gasteiger partial charge in [-0.3, -0.25) is 0 Å². The van der Waals surface area contributed by atoms with Gasteiger partial charge in [0.25, 0.3) is 0 Å². The first kappa shape index (κ1) is 18.3. The molecule has 1 aromatic carbocycles. The van der Waals surface area contributed by atoms with Gasteiger partial charge in [0.2, 0.25) is 0 Å². The number of likely N-dealkylation sites (N-methyl/N-ethyl adjacent to an activating group) is 1. The van der Waals surface area contributed by atoms with Crippen molar-refractivity contribution in [1.29, 1.82) is 0 Å². The molecular weight excluding hydrogens is 242 g/mol. The van der Waals surface area contributed by atoms with E-state index in [1.807, 2.05) is 0 Å². The van der Waals surface area contributed by atoms with E-state index in [-0.39, 0.29) is 24.6 Å². The van der Waals surface area contributed by atoms with E-state index in [1.165, 1.54) is 12.1 Å². The molecule has 1 aromatic rings. The third kappa shape index (κ3) is 11.2. The summed E-state index contributed by atoms with van der Waals surface area (Å²) in [6.07, 6.45) is 0. The number of hydrogen-bond donors (Lipinski definition) is 1. The third-order valence-electron chi connectivity index (χ3n) is 1.78. The Morgan fingerprint density at radius 1 is 1.24 bits per heavy atom. The number of rotatable bonds is 3. The van der Waals surface area contributed by atoms with Crippen molar-refractivity contribution < 1.29 is 31.9 Å². The van der Waals surface area contributed by atoms with Crippen molar-refractivity contribution in [2.24, 2.45) is 0 Å². The number of benzene rings is 1. The number of hydrogen-bond acceptors (Lipinski definition) is 3. The maximum absolute atomic E-state index is 10.1. The highest BCUT2D eigenvalue weighted by Crippen LogP contribution is 1.94. The molecule has 0 saturated heterocycles. The highest BCUT2D eigenvalue weighted by molar-refractivity contribution is 5.85. The molecule has 0 saturated carbocycles. The van der Waals surface area contributed by atoms with Gasteiger partial charge in [-0.15, -0.1) is 0 Å². The van der Waals surface area contributed by atoms with Gasteiger partial charge in [0.1, 0.15) is 6.54 Å². The number of quaternary nitrogens is 1. The first-order valence-corrected chi connectivity index (χ1v) is 5.04. The van der Waals surface area contributed by atoms with Crippen LogP contribution < -0.4 is 17.5 Å². The normalized spacial score (nSPS) is 9.65. The van der Waals surface area contributed by atoms with Gasteiger partial charge in [-0.25, -0.2) is 0 Å². The fraction of sp³-hybridized carbons (Fsp3) is 0.417. The largest absolute Gasteiger partial charge is 1.00 e. The van der Waals surface area contributed by atoms with Crippen molar-refractivity contribution in [2.75, 3.05) is 34.3 Å². The van der Waals surface area contributed by atoms with E-state index in [4.69, 9.17) is 5.11 Å². The van der Waals surface area contributed by atoms with Crippen molar-refractivity contribution >= 4 is 5.97 Å². The first-order valence-electron chi connectivity index (χ1n) is 5.04. The van der Waals surface area contributed by atoms with Gasteiger partial charge >= 0.3 is 0 Å². The SMILES string of the molecule is C[N+](C)(C)CCO.O=C([O-])c1ccccc1.[Cl-]. The van der Waals surface area contributed by atoms with Crippen LogP contribution in [0.4, 0.5) is 0 Å². The molecule has 1 N–H and O–H groups in total. The predicted molar refractivity (Wildman–Crippen MR) is 60.8 cm³/mol. The minimum atomic E-state index is -1.13. The molecule has 0 amide bonds. The highest BCUT2D eigenvalue weighted by atomic mass is 35.5. The van der Waals surface area contributed by atoms with Gasteiger partial charge < -0.3 is 31.9 Å². The third-order valence-corrected chi connectivity index (χ3v) is 1.78. The Labute approximate surface area is 108 Å². The lowest BCUT2D eigenvalue weighted by atomic mass is 10.2. The second-order valence-electron chi connectivity index (χ2n) is 4.39. The average Bonchev–Trinajstić information content (AvgIpc) is 2.18. The lowest BCUT2D eigenvalue weighted by molar-refractivity contribution is -0.870. The molecule has 17 heavy (non-hydrogen) atoms. The van der Waals surface area contributed by atoms with E-state index in [0.29, 0.717) is 0 Å². The molecular formula is C12H19ClNO3-. The Morgan fingerprint density at radius 3 is 1.88 bits per heavy atom. The van der Waals surface area contributed by atoms with Crippen molar-refractivity contribution in [1.82, 2.24) is 0 Å². The summed E-state index contributed by atoms with van der Waals surface area (Å²) in [5.74, 6) is -1.13. The molecule has 0 fully saturated rings. The zero-order valence-corrected chi connectivity index (χ0v) is 11.1. The Hall–Kier alpha value is -1.10. The van der Waals surface area contributed by atoms with Crippen LogP contribution in [0.5, 0.6) is 0 Å². The summed E-state index contributed by atoms with van der Waals surface area (Å²) in [7, 11) is 6.16. The summed E-state index contributed by atoms with van der Waals surface area (Å²) in [4.78, 5) is 10.1. The van der Waals surface area contributed by atoms with Crippen LogP contribution in [0.15, 0.2) is 30.3 Å². The number of carboxylic acid groups (broad SMARTS) is 1. The fourth-order valence-electron chi connectivity index (χ4n) is 0.874. The summed E-state index contributed by atoms with van der Waals surface area (Å²) in [5.41, 5.74) is 0.220. The zero-order chi connectivity index (χ0) is 12.6. The topological polar surface area (TPSA) is 60.4 Å². The highest BCUT2D eigenvalue weighted by Gasteiger charge is 2.02. The summed E-state index contributed by atoms with van der Waals surface area (Å²) in [5, 5.41) is 18.5. The Bertz CT molecular complexity index is 309. The van der Waals surface area contributed by atoms with E-state index >= 15 is 0 Å². The van der Waals surface area contributed by atoms with E-state index in [0.717, 1.165) is 11.0 Å². The quantitative estimate of drug-likeness (QED) is 0.581. The standard InChI is InChI=1S/C7H6O2.C5H14NO.ClH/c8-7(9)6-4-2-1-3-5-6;1-6(2,3)4-5-7;/h1-5H,(H,8,9);7H,4-5H2,1-3H3;1H/q;+1;/p-2. The Kier molecular flexibility index (Phi) is 9.66. The molecule has 98 valence electrons. The molecule has 5 heteroatoms. The number of halogens is 1. The lowest BCUT2D eigenvalue weighted by Crippen LogP contribution is -3.00. The van der Waals surface area contributed by atoms with E-state index in [2.05, 4.69) is 21.1 Å². The van der Waals surface area contributed by atoms with Crippen molar-refractivity contribution in [3.63, 3.8) is 0 Å². The number of aliphatic hydroxyl groups excluding tert-OH is 1. The molecule has 1 rings (SSSR count). The minimum absolute atomic E-state index is 0. The van der Waals surface area contributed by atoms with Gasteiger partial charge in [-0.05, 0) is 5.56 Å². The monoisotopic (exact) mass is 260 g/mol. The lowest BCUT2D eigenvalue weighted by Gasteiger charge is -2.21. The van der Waals surface area contributed by atoms with Crippen LogP contribution >= 0.6 is 0 Å². The van der Waals surface area contributed by atoms with Gasteiger partial charge in [-0.2, -0.15) is 0 Å². The van der Waals surface area contributed by atoms with Crippen LogP contribution in [-0.4, -0.2) is 49.9 Å². The smallest absolute Gasteiger partial charge is 0.101 e. The molecule has 0 heterocycles. The molecule has 0 unspecified atom stereocenters. The van der Waals surface area contributed by atoms with Gasteiger partial charge in [-0.1, -0.05) is 30.3 Å². The molecule has 0 bridgehead atoms. The maximum atomic E-state index is 10.1. The van der Waals surface area contributed by atoms with Crippen LogP contribution in [0.3, 0.4) is 0 Å². The van der Waals surface area contributed by atoms with E-state index in [9.17, 15) is 9.90 Å².